The van der Waals surface area contributed by atoms with Crippen molar-refractivity contribution in [1.82, 2.24) is 15.2 Å². The van der Waals surface area contributed by atoms with E-state index in [9.17, 15) is 8.42 Å². The van der Waals surface area contributed by atoms with E-state index in [1.54, 1.807) is 18.3 Å². The fraction of sp³-hybridized carbons (Fsp3) is 0.211. The first kappa shape index (κ1) is 19.7. The quantitative estimate of drug-likeness (QED) is 0.559. The van der Waals surface area contributed by atoms with Gasteiger partial charge in [-0.2, -0.15) is 10.1 Å². The summed E-state index contributed by atoms with van der Waals surface area (Å²) in [5, 5.41) is 19.5. The normalized spacial score (nSPS) is 11.2. The molecule has 0 unspecified atom stereocenters. The molecule has 0 amide bonds. The molecular weight excluding hydrogens is 376 g/mol. The summed E-state index contributed by atoms with van der Waals surface area (Å²) < 4.78 is 22.6. The van der Waals surface area contributed by atoms with E-state index in [4.69, 9.17) is 5.14 Å². The monoisotopic (exact) mass is 398 g/mol. The lowest BCUT2D eigenvalue weighted by Crippen LogP contribution is -2.12. The third-order valence-electron chi connectivity index (χ3n) is 4.17. The van der Waals surface area contributed by atoms with Gasteiger partial charge in [-0.05, 0) is 55.2 Å². The van der Waals surface area contributed by atoms with Crippen molar-refractivity contribution in [3.05, 3.63) is 65.4 Å². The molecule has 0 aliphatic rings. The van der Waals surface area contributed by atoms with Gasteiger partial charge in [-0.1, -0.05) is 24.3 Å². The molecule has 1 aromatic heterocycles. The van der Waals surface area contributed by atoms with Crippen molar-refractivity contribution in [2.45, 2.75) is 25.2 Å². The molecule has 1 heterocycles. The molecule has 0 aliphatic heterocycles. The van der Waals surface area contributed by atoms with E-state index in [2.05, 4.69) is 25.8 Å². The van der Waals surface area contributed by atoms with Gasteiger partial charge in [-0.3, -0.25) is 0 Å². The number of rotatable bonds is 7. The van der Waals surface area contributed by atoms with Crippen LogP contribution in [0.2, 0.25) is 0 Å². The standard InChI is InChI=1S/C19H22N6O2S/c1-13-3-4-14(2)17(11-13)23-19-24-18(12-22-25-19)21-10-9-15-5-7-16(8-6-15)28(20,26)27/h3-8,11-12H,9-10H2,1-2H3,(H2,20,26,27)(H2,21,23,24,25). The summed E-state index contributed by atoms with van der Waals surface area (Å²) in [5.41, 5.74) is 4.16. The molecule has 3 rings (SSSR count). The van der Waals surface area contributed by atoms with E-state index in [-0.39, 0.29) is 4.90 Å². The average molecular weight is 398 g/mol. The summed E-state index contributed by atoms with van der Waals surface area (Å²) in [4.78, 5) is 4.53. The predicted molar refractivity (Wildman–Crippen MR) is 109 cm³/mol. The maximum Gasteiger partial charge on any atom is 0.249 e. The van der Waals surface area contributed by atoms with Crippen LogP contribution in [0, 0.1) is 13.8 Å². The second-order valence-electron chi connectivity index (χ2n) is 6.47. The molecule has 146 valence electrons. The Morgan fingerprint density at radius 1 is 1.07 bits per heavy atom. The summed E-state index contributed by atoms with van der Waals surface area (Å²) in [6, 6.07) is 12.6. The van der Waals surface area contributed by atoms with Gasteiger partial charge >= 0.3 is 0 Å². The molecule has 0 atom stereocenters. The lowest BCUT2D eigenvalue weighted by atomic mass is 10.1. The van der Waals surface area contributed by atoms with Gasteiger partial charge in [-0.25, -0.2) is 13.6 Å². The zero-order valence-corrected chi connectivity index (χ0v) is 16.5. The first-order valence-electron chi connectivity index (χ1n) is 8.71. The lowest BCUT2D eigenvalue weighted by molar-refractivity contribution is 0.598. The maximum absolute atomic E-state index is 11.3. The Balaban J connectivity index is 1.60. The van der Waals surface area contributed by atoms with E-state index in [0.717, 1.165) is 22.4 Å². The number of aromatic nitrogens is 3. The molecule has 0 spiro atoms. The van der Waals surface area contributed by atoms with Crippen LogP contribution < -0.4 is 15.8 Å². The van der Waals surface area contributed by atoms with Crippen molar-refractivity contribution < 1.29 is 8.42 Å². The molecule has 8 nitrogen and oxygen atoms in total. The van der Waals surface area contributed by atoms with Gasteiger partial charge in [-0.15, -0.1) is 5.10 Å². The molecule has 0 saturated heterocycles. The van der Waals surface area contributed by atoms with Crippen LogP contribution in [0.25, 0.3) is 0 Å². The van der Waals surface area contributed by atoms with Crippen molar-refractivity contribution in [1.29, 1.82) is 0 Å². The number of nitrogens with two attached hydrogens (primary N) is 1. The molecule has 0 bridgehead atoms. The molecule has 9 heteroatoms. The van der Waals surface area contributed by atoms with Gasteiger partial charge < -0.3 is 10.6 Å². The number of primary sulfonamides is 1. The van der Waals surface area contributed by atoms with Crippen molar-refractivity contribution >= 4 is 27.5 Å². The summed E-state index contributed by atoms with van der Waals surface area (Å²) >= 11 is 0. The Morgan fingerprint density at radius 3 is 2.54 bits per heavy atom. The van der Waals surface area contributed by atoms with Crippen LogP contribution in [-0.4, -0.2) is 30.1 Å². The summed E-state index contributed by atoms with van der Waals surface area (Å²) in [6.07, 6.45) is 2.24. The minimum atomic E-state index is -3.67. The van der Waals surface area contributed by atoms with Gasteiger partial charge in [0.15, 0.2) is 5.82 Å². The minimum absolute atomic E-state index is 0.103. The predicted octanol–water partition coefficient (Wildman–Crippen LogP) is 2.53. The Labute approximate surface area is 164 Å². The van der Waals surface area contributed by atoms with Crippen molar-refractivity contribution in [2.75, 3.05) is 17.2 Å². The Hall–Kier alpha value is -3.04. The number of sulfonamides is 1. The number of hydrogen-bond donors (Lipinski definition) is 3. The second kappa shape index (κ2) is 8.32. The van der Waals surface area contributed by atoms with E-state index in [1.807, 2.05) is 32.0 Å². The minimum Gasteiger partial charge on any atom is -0.368 e. The summed E-state index contributed by atoms with van der Waals surface area (Å²) in [6.45, 7) is 4.64. The highest BCUT2D eigenvalue weighted by Gasteiger charge is 2.07. The zero-order chi connectivity index (χ0) is 20.1. The smallest absolute Gasteiger partial charge is 0.249 e. The fourth-order valence-corrected chi connectivity index (χ4v) is 3.13. The van der Waals surface area contributed by atoms with Gasteiger partial charge in [0, 0.05) is 12.2 Å². The number of anilines is 3. The number of nitrogens with zero attached hydrogens (tertiary/aromatic N) is 3. The van der Waals surface area contributed by atoms with E-state index >= 15 is 0 Å². The molecule has 28 heavy (non-hydrogen) atoms. The van der Waals surface area contributed by atoms with Crippen molar-refractivity contribution in [2.24, 2.45) is 5.14 Å². The van der Waals surface area contributed by atoms with E-state index in [1.165, 1.54) is 12.1 Å². The molecule has 0 radical (unpaired) electrons. The van der Waals surface area contributed by atoms with Gasteiger partial charge in [0.25, 0.3) is 0 Å². The second-order valence-corrected chi connectivity index (χ2v) is 8.04. The molecule has 4 N–H and O–H groups in total. The number of nitrogens with one attached hydrogen (secondary N) is 2. The van der Waals surface area contributed by atoms with Crippen LogP contribution in [0.5, 0.6) is 0 Å². The first-order chi connectivity index (χ1) is 13.3. The fourth-order valence-electron chi connectivity index (χ4n) is 2.61. The van der Waals surface area contributed by atoms with Crippen LogP contribution in [0.1, 0.15) is 16.7 Å². The van der Waals surface area contributed by atoms with Crippen LogP contribution in [0.3, 0.4) is 0 Å². The van der Waals surface area contributed by atoms with Crippen LogP contribution in [-0.2, 0) is 16.4 Å². The molecule has 3 aromatic rings. The highest BCUT2D eigenvalue weighted by atomic mass is 32.2. The lowest BCUT2D eigenvalue weighted by Gasteiger charge is -2.10. The van der Waals surface area contributed by atoms with E-state index in [0.29, 0.717) is 24.7 Å². The summed E-state index contributed by atoms with van der Waals surface area (Å²) in [5.74, 6) is 1.01. The van der Waals surface area contributed by atoms with Crippen LogP contribution in [0.4, 0.5) is 17.5 Å². The number of benzene rings is 2. The molecule has 2 aromatic carbocycles. The Morgan fingerprint density at radius 2 is 1.82 bits per heavy atom. The average Bonchev–Trinajstić information content (AvgIpc) is 2.65. The zero-order valence-electron chi connectivity index (χ0n) is 15.7. The highest BCUT2D eigenvalue weighted by molar-refractivity contribution is 7.89. The van der Waals surface area contributed by atoms with Crippen LogP contribution >= 0.6 is 0 Å². The molecular formula is C19H22N6O2S. The topological polar surface area (TPSA) is 123 Å². The highest BCUT2D eigenvalue weighted by Crippen LogP contribution is 2.20. The van der Waals surface area contributed by atoms with Crippen molar-refractivity contribution in [3.63, 3.8) is 0 Å². The van der Waals surface area contributed by atoms with Crippen LogP contribution in [0.15, 0.2) is 53.6 Å². The van der Waals surface area contributed by atoms with Crippen molar-refractivity contribution in [3.8, 4) is 0 Å². The molecule has 0 saturated carbocycles. The summed E-state index contributed by atoms with van der Waals surface area (Å²) in [7, 11) is -3.67. The third-order valence-corrected chi connectivity index (χ3v) is 5.10. The SMILES string of the molecule is Cc1ccc(C)c(Nc2nncc(NCCc3ccc(S(N)(=O)=O)cc3)n2)c1. The number of aryl methyl sites for hydroxylation is 2. The first-order valence-corrected chi connectivity index (χ1v) is 10.3. The van der Waals surface area contributed by atoms with Gasteiger partial charge in [0.2, 0.25) is 16.0 Å². The van der Waals surface area contributed by atoms with E-state index < -0.39 is 10.0 Å². The Kier molecular flexibility index (Phi) is 5.86. The van der Waals surface area contributed by atoms with Gasteiger partial charge in [0.05, 0.1) is 11.1 Å². The Bertz CT molecular complexity index is 1070. The van der Waals surface area contributed by atoms with Gasteiger partial charge in [0.1, 0.15) is 0 Å². The molecule has 0 fully saturated rings. The molecule has 0 aliphatic carbocycles. The number of hydrogen-bond acceptors (Lipinski definition) is 7. The largest absolute Gasteiger partial charge is 0.368 e. The maximum atomic E-state index is 11.3. The third kappa shape index (κ3) is 5.24.